The van der Waals surface area contributed by atoms with Crippen molar-refractivity contribution in [3.63, 3.8) is 0 Å². The topological polar surface area (TPSA) is 37.3 Å². The molecule has 0 bridgehead atoms. The van der Waals surface area contributed by atoms with Gasteiger partial charge in [-0.05, 0) is 26.0 Å². The minimum atomic E-state index is -0.140. The smallest absolute Gasteiger partial charge is 0.156 e. The molecular weight excluding hydrogens is 172 g/mol. The van der Waals surface area contributed by atoms with E-state index < -0.39 is 0 Å². The zero-order chi connectivity index (χ0) is 9.14. The molecule has 0 atom stereocenters. The molecule has 0 fully saturated rings. The lowest BCUT2D eigenvalue weighted by Gasteiger charge is -1.91. The van der Waals surface area contributed by atoms with Gasteiger partial charge < -0.3 is 5.11 Å². The molecule has 0 saturated carbocycles. The van der Waals surface area contributed by atoms with Crippen molar-refractivity contribution in [3.8, 4) is 0 Å². The highest BCUT2D eigenvalue weighted by Crippen LogP contribution is 2.21. The zero-order valence-corrected chi connectivity index (χ0v) is 7.81. The first-order valence-corrected chi connectivity index (χ1v) is 4.39. The average molecular weight is 182 g/mol. The van der Waals surface area contributed by atoms with Crippen LogP contribution in [-0.2, 0) is 4.79 Å². The van der Waals surface area contributed by atoms with Crippen LogP contribution in [0.1, 0.15) is 16.7 Å². The molecule has 1 rings (SSSR count). The summed E-state index contributed by atoms with van der Waals surface area (Å²) in [6, 6.07) is 3.71. The van der Waals surface area contributed by atoms with Gasteiger partial charge in [0, 0.05) is 11.0 Å². The number of allylic oxidation sites excluding steroid dienone is 1. The van der Waals surface area contributed by atoms with Crippen molar-refractivity contribution in [2.75, 3.05) is 0 Å². The Labute approximate surface area is 75.2 Å². The fraction of sp³-hybridized carbons (Fsp3) is 0.222. The standard InChI is InChI=1S/C9H10O2S/c1-6(10)5-8(11)9-4-3-7(2)12-9/h3-5,11H,1-2H3. The highest BCUT2D eigenvalue weighted by molar-refractivity contribution is 7.13. The molecular formula is C9H10O2S. The van der Waals surface area contributed by atoms with E-state index in [1.54, 1.807) is 6.07 Å². The van der Waals surface area contributed by atoms with Gasteiger partial charge in [0.15, 0.2) is 5.78 Å². The number of rotatable bonds is 2. The van der Waals surface area contributed by atoms with Crippen LogP contribution in [-0.4, -0.2) is 10.9 Å². The molecule has 1 aromatic heterocycles. The van der Waals surface area contributed by atoms with Crippen LogP contribution in [0.5, 0.6) is 0 Å². The number of thiophene rings is 1. The lowest BCUT2D eigenvalue weighted by Crippen LogP contribution is -1.85. The van der Waals surface area contributed by atoms with Crippen LogP contribution < -0.4 is 0 Å². The van der Waals surface area contributed by atoms with Gasteiger partial charge in [0.25, 0.3) is 0 Å². The van der Waals surface area contributed by atoms with Crippen molar-refractivity contribution in [1.82, 2.24) is 0 Å². The van der Waals surface area contributed by atoms with E-state index in [9.17, 15) is 9.90 Å². The summed E-state index contributed by atoms with van der Waals surface area (Å²) < 4.78 is 0. The van der Waals surface area contributed by atoms with Gasteiger partial charge in [-0.25, -0.2) is 0 Å². The van der Waals surface area contributed by atoms with Gasteiger partial charge in [-0.3, -0.25) is 4.79 Å². The molecule has 64 valence electrons. The van der Waals surface area contributed by atoms with E-state index >= 15 is 0 Å². The molecule has 0 aliphatic heterocycles. The minimum absolute atomic E-state index is 0.0561. The van der Waals surface area contributed by atoms with E-state index in [1.807, 2.05) is 13.0 Å². The lowest BCUT2D eigenvalue weighted by molar-refractivity contribution is -0.112. The Balaban J connectivity index is 2.91. The van der Waals surface area contributed by atoms with Crippen LogP contribution in [0.25, 0.3) is 5.76 Å². The Hall–Kier alpha value is -1.09. The number of ketones is 1. The molecule has 1 heterocycles. The minimum Gasteiger partial charge on any atom is -0.506 e. The third kappa shape index (κ3) is 2.20. The van der Waals surface area contributed by atoms with E-state index in [1.165, 1.54) is 24.3 Å². The summed E-state index contributed by atoms with van der Waals surface area (Å²) in [7, 11) is 0. The normalized spacial score (nSPS) is 11.7. The van der Waals surface area contributed by atoms with Gasteiger partial charge >= 0.3 is 0 Å². The van der Waals surface area contributed by atoms with Gasteiger partial charge in [-0.1, -0.05) is 0 Å². The molecule has 2 nitrogen and oxygen atoms in total. The average Bonchev–Trinajstić information content (AvgIpc) is 2.34. The van der Waals surface area contributed by atoms with Crippen LogP contribution in [0.2, 0.25) is 0 Å². The fourth-order valence-corrected chi connectivity index (χ4v) is 1.62. The predicted octanol–water partition coefficient (Wildman–Crippen LogP) is 2.54. The highest BCUT2D eigenvalue weighted by Gasteiger charge is 2.01. The monoisotopic (exact) mass is 182 g/mol. The van der Waals surface area contributed by atoms with E-state index in [2.05, 4.69) is 0 Å². The number of carbonyl (C=O) groups is 1. The molecule has 0 aromatic carbocycles. The van der Waals surface area contributed by atoms with E-state index in [0.29, 0.717) is 0 Å². The van der Waals surface area contributed by atoms with Gasteiger partial charge in [-0.15, -0.1) is 11.3 Å². The summed E-state index contributed by atoms with van der Waals surface area (Å²) in [6.45, 7) is 3.37. The summed E-state index contributed by atoms with van der Waals surface area (Å²) in [5.41, 5.74) is 0. The number of carbonyl (C=O) groups excluding carboxylic acids is 1. The summed E-state index contributed by atoms with van der Waals surface area (Å²) in [5, 5.41) is 9.35. The molecule has 1 aromatic rings. The summed E-state index contributed by atoms with van der Waals surface area (Å²) in [5.74, 6) is -0.0841. The number of aliphatic hydroxyl groups excluding tert-OH is 1. The summed E-state index contributed by atoms with van der Waals surface area (Å²) in [4.78, 5) is 12.5. The van der Waals surface area contributed by atoms with Crippen molar-refractivity contribution >= 4 is 22.9 Å². The van der Waals surface area contributed by atoms with Crippen molar-refractivity contribution in [1.29, 1.82) is 0 Å². The van der Waals surface area contributed by atoms with Gasteiger partial charge in [0.1, 0.15) is 5.76 Å². The van der Waals surface area contributed by atoms with Crippen LogP contribution in [0.4, 0.5) is 0 Å². The lowest BCUT2D eigenvalue weighted by atomic mass is 10.3. The third-order valence-corrected chi connectivity index (χ3v) is 2.36. The Morgan fingerprint density at radius 3 is 2.67 bits per heavy atom. The maximum absolute atomic E-state index is 10.6. The van der Waals surface area contributed by atoms with Crippen molar-refractivity contribution in [2.24, 2.45) is 0 Å². The molecule has 0 spiro atoms. The first-order valence-electron chi connectivity index (χ1n) is 3.57. The van der Waals surface area contributed by atoms with Crippen LogP contribution in [0.15, 0.2) is 18.2 Å². The molecule has 0 aliphatic rings. The molecule has 0 aliphatic carbocycles. The second-order valence-corrected chi connectivity index (χ2v) is 3.84. The van der Waals surface area contributed by atoms with Gasteiger partial charge in [0.2, 0.25) is 0 Å². The van der Waals surface area contributed by atoms with Crippen LogP contribution >= 0.6 is 11.3 Å². The number of hydrogen-bond donors (Lipinski definition) is 1. The largest absolute Gasteiger partial charge is 0.506 e. The highest BCUT2D eigenvalue weighted by atomic mass is 32.1. The van der Waals surface area contributed by atoms with Crippen LogP contribution in [0, 0.1) is 6.92 Å². The Kier molecular flexibility index (Phi) is 2.65. The summed E-state index contributed by atoms with van der Waals surface area (Å²) >= 11 is 1.47. The second kappa shape index (κ2) is 3.54. The van der Waals surface area contributed by atoms with E-state index in [4.69, 9.17) is 0 Å². The molecule has 0 radical (unpaired) electrons. The fourth-order valence-electron chi connectivity index (χ4n) is 0.836. The number of hydrogen-bond acceptors (Lipinski definition) is 3. The van der Waals surface area contributed by atoms with Crippen LogP contribution in [0.3, 0.4) is 0 Å². The Morgan fingerprint density at radius 1 is 1.58 bits per heavy atom. The second-order valence-electron chi connectivity index (χ2n) is 2.55. The Morgan fingerprint density at radius 2 is 2.25 bits per heavy atom. The Bertz CT molecular complexity index is 323. The SMILES string of the molecule is CC(=O)C=C(O)c1ccc(C)s1. The molecule has 1 N–H and O–H groups in total. The maximum atomic E-state index is 10.6. The quantitative estimate of drug-likeness (QED) is 0.563. The maximum Gasteiger partial charge on any atom is 0.156 e. The molecule has 12 heavy (non-hydrogen) atoms. The third-order valence-electron chi connectivity index (χ3n) is 1.33. The van der Waals surface area contributed by atoms with Gasteiger partial charge in [0.05, 0.1) is 4.88 Å². The molecule has 0 unspecified atom stereocenters. The van der Waals surface area contributed by atoms with E-state index in [-0.39, 0.29) is 11.5 Å². The number of aliphatic hydroxyl groups is 1. The zero-order valence-electron chi connectivity index (χ0n) is 7.00. The first kappa shape index (κ1) is 9.00. The first-order chi connectivity index (χ1) is 5.59. The molecule has 0 saturated heterocycles. The van der Waals surface area contributed by atoms with Crippen molar-refractivity contribution in [2.45, 2.75) is 13.8 Å². The molecule has 3 heteroatoms. The van der Waals surface area contributed by atoms with Gasteiger partial charge in [-0.2, -0.15) is 0 Å². The predicted molar refractivity (Wildman–Crippen MR) is 50.3 cm³/mol. The van der Waals surface area contributed by atoms with Crippen molar-refractivity contribution in [3.05, 3.63) is 28.0 Å². The summed E-state index contributed by atoms with van der Waals surface area (Å²) in [6.07, 6.45) is 1.23. The molecule has 0 amide bonds. The van der Waals surface area contributed by atoms with Crippen molar-refractivity contribution < 1.29 is 9.90 Å². The van der Waals surface area contributed by atoms with E-state index in [0.717, 1.165) is 9.75 Å². The number of aryl methyl sites for hydroxylation is 1.